The summed E-state index contributed by atoms with van der Waals surface area (Å²) in [5.41, 5.74) is 3.34. The standard InChI is InChI=1S/C18H22N2O2S/c1-3-19-12-16-8-4-5-10-17(16)20-18(21)15-9-6-7-14(11-15)13-23(2)22/h4-11,19H,3,12-13H2,1-2H3,(H,20,21). The highest BCUT2D eigenvalue weighted by Gasteiger charge is 2.09. The largest absolute Gasteiger partial charge is 0.322 e. The summed E-state index contributed by atoms with van der Waals surface area (Å²) in [7, 11) is -0.923. The lowest BCUT2D eigenvalue weighted by Gasteiger charge is -2.12. The van der Waals surface area contributed by atoms with Crippen LogP contribution in [0.1, 0.15) is 28.4 Å². The zero-order valence-corrected chi connectivity index (χ0v) is 14.3. The fourth-order valence-electron chi connectivity index (χ4n) is 2.29. The molecule has 5 heteroatoms. The number of para-hydroxylation sites is 1. The van der Waals surface area contributed by atoms with Gasteiger partial charge in [-0.05, 0) is 35.9 Å². The van der Waals surface area contributed by atoms with Crippen LogP contribution in [-0.4, -0.2) is 22.9 Å². The van der Waals surface area contributed by atoms with Gasteiger partial charge in [0, 0.05) is 40.6 Å². The van der Waals surface area contributed by atoms with Crippen molar-refractivity contribution in [1.82, 2.24) is 5.32 Å². The number of hydrogen-bond donors (Lipinski definition) is 2. The normalized spacial score (nSPS) is 11.9. The lowest BCUT2D eigenvalue weighted by Crippen LogP contribution is -2.17. The highest BCUT2D eigenvalue weighted by atomic mass is 32.2. The molecule has 2 aromatic carbocycles. The maximum Gasteiger partial charge on any atom is 0.255 e. The molecule has 0 bridgehead atoms. The van der Waals surface area contributed by atoms with Gasteiger partial charge in [-0.2, -0.15) is 0 Å². The lowest BCUT2D eigenvalue weighted by atomic mass is 10.1. The molecule has 23 heavy (non-hydrogen) atoms. The minimum Gasteiger partial charge on any atom is -0.322 e. The van der Waals surface area contributed by atoms with Gasteiger partial charge in [-0.25, -0.2) is 0 Å². The first-order chi connectivity index (χ1) is 11.1. The minimum absolute atomic E-state index is 0.155. The molecular formula is C18H22N2O2S. The van der Waals surface area contributed by atoms with Gasteiger partial charge < -0.3 is 10.6 Å². The third kappa shape index (κ3) is 5.30. The number of nitrogens with one attached hydrogen (secondary N) is 2. The smallest absolute Gasteiger partial charge is 0.255 e. The van der Waals surface area contributed by atoms with Crippen LogP contribution in [-0.2, 0) is 23.1 Å². The van der Waals surface area contributed by atoms with E-state index in [0.717, 1.165) is 23.4 Å². The van der Waals surface area contributed by atoms with Crippen molar-refractivity contribution in [2.45, 2.75) is 19.2 Å². The third-order valence-electron chi connectivity index (χ3n) is 3.39. The number of benzene rings is 2. The van der Waals surface area contributed by atoms with Gasteiger partial charge in [0.2, 0.25) is 0 Å². The summed E-state index contributed by atoms with van der Waals surface area (Å²) in [6.07, 6.45) is 1.66. The summed E-state index contributed by atoms with van der Waals surface area (Å²) in [5.74, 6) is 0.302. The predicted octanol–water partition coefficient (Wildman–Crippen LogP) is 2.93. The number of carbonyl (C=O) groups excluding carboxylic acids is 1. The van der Waals surface area contributed by atoms with E-state index in [1.54, 1.807) is 18.4 Å². The molecule has 4 nitrogen and oxygen atoms in total. The van der Waals surface area contributed by atoms with E-state index < -0.39 is 10.8 Å². The maximum absolute atomic E-state index is 12.5. The molecule has 0 fully saturated rings. The summed E-state index contributed by atoms with van der Waals surface area (Å²) < 4.78 is 11.3. The summed E-state index contributed by atoms with van der Waals surface area (Å²) in [6.45, 7) is 3.63. The van der Waals surface area contributed by atoms with E-state index in [-0.39, 0.29) is 5.91 Å². The Morgan fingerprint density at radius 1 is 1.13 bits per heavy atom. The molecule has 1 amide bonds. The molecule has 2 N–H and O–H groups in total. The van der Waals surface area contributed by atoms with Crippen molar-refractivity contribution in [1.29, 1.82) is 0 Å². The quantitative estimate of drug-likeness (QED) is 0.821. The summed E-state index contributed by atoms with van der Waals surface area (Å²) in [5, 5.41) is 6.23. The van der Waals surface area contributed by atoms with Gasteiger partial charge in [-0.3, -0.25) is 9.00 Å². The van der Waals surface area contributed by atoms with Crippen molar-refractivity contribution in [2.24, 2.45) is 0 Å². The van der Waals surface area contributed by atoms with Gasteiger partial charge in [-0.1, -0.05) is 37.3 Å². The number of carbonyl (C=O) groups is 1. The highest BCUT2D eigenvalue weighted by Crippen LogP contribution is 2.17. The average Bonchev–Trinajstić information content (AvgIpc) is 2.53. The van der Waals surface area contributed by atoms with Crippen molar-refractivity contribution in [3.63, 3.8) is 0 Å². The fraction of sp³-hybridized carbons (Fsp3) is 0.278. The van der Waals surface area contributed by atoms with Crippen LogP contribution in [0.2, 0.25) is 0 Å². The molecule has 1 atom stereocenters. The monoisotopic (exact) mass is 330 g/mol. The van der Waals surface area contributed by atoms with Gasteiger partial charge in [0.05, 0.1) is 0 Å². The van der Waals surface area contributed by atoms with E-state index in [2.05, 4.69) is 10.6 Å². The molecule has 122 valence electrons. The molecule has 2 aromatic rings. The molecule has 0 spiro atoms. The van der Waals surface area contributed by atoms with Crippen molar-refractivity contribution in [3.05, 3.63) is 65.2 Å². The molecule has 0 saturated heterocycles. The van der Waals surface area contributed by atoms with E-state index >= 15 is 0 Å². The third-order valence-corrected chi connectivity index (χ3v) is 4.13. The van der Waals surface area contributed by atoms with Crippen molar-refractivity contribution < 1.29 is 9.00 Å². The van der Waals surface area contributed by atoms with Gasteiger partial charge in [0.1, 0.15) is 0 Å². The predicted molar refractivity (Wildman–Crippen MR) is 96.0 cm³/mol. The van der Waals surface area contributed by atoms with E-state index in [1.165, 1.54) is 0 Å². The molecule has 0 saturated carbocycles. The number of hydrogen-bond acceptors (Lipinski definition) is 3. The van der Waals surface area contributed by atoms with E-state index in [9.17, 15) is 9.00 Å². The van der Waals surface area contributed by atoms with Gasteiger partial charge in [-0.15, -0.1) is 0 Å². The van der Waals surface area contributed by atoms with Crippen molar-refractivity contribution in [2.75, 3.05) is 18.1 Å². The zero-order chi connectivity index (χ0) is 16.7. The Morgan fingerprint density at radius 3 is 2.65 bits per heavy atom. The van der Waals surface area contributed by atoms with Crippen LogP contribution in [0.15, 0.2) is 48.5 Å². The summed E-state index contributed by atoms with van der Waals surface area (Å²) in [6, 6.07) is 15.0. The highest BCUT2D eigenvalue weighted by molar-refractivity contribution is 7.83. The topological polar surface area (TPSA) is 58.2 Å². The first-order valence-electron chi connectivity index (χ1n) is 7.59. The SMILES string of the molecule is CCNCc1ccccc1NC(=O)c1cccc(CS(C)=O)c1. The van der Waals surface area contributed by atoms with Crippen molar-refractivity contribution >= 4 is 22.4 Å². The van der Waals surface area contributed by atoms with E-state index in [1.807, 2.05) is 43.3 Å². The van der Waals surface area contributed by atoms with E-state index in [0.29, 0.717) is 17.9 Å². The average molecular weight is 330 g/mol. The van der Waals surface area contributed by atoms with Crippen LogP contribution in [0.4, 0.5) is 5.69 Å². The van der Waals surface area contributed by atoms with Crippen LogP contribution >= 0.6 is 0 Å². The Morgan fingerprint density at radius 2 is 1.91 bits per heavy atom. The fourth-order valence-corrected chi connectivity index (χ4v) is 2.94. The second kappa shape index (κ2) is 8.60. The molecular weight excluding hydrogens is 308 g/mol. The molecule has 0 radical (unpaired) electrons. The van der Waals surface area contributed by atoms with Gasteiger partial charge in [0.25, 0.3) is 5.91 Å². The Bertz CT molecular complexity index is 701. The second-order valence-electron chi connectivity index (χ2n) is 5.31. The lowest BCUT2D eigenvalue weighted by molar-refractivity contribution is 0.102. The van der Waals surface area contributed by atoms with Crippen LogP contribution in [0.3, 0.4) is 0 Å². The Kier molecular flexibility index (Phi) is 6.50. The summed E-state index contributed by atoms with van der Waals surface area (Å²) in [4.78, 5) is 12.5. The Balaban J connectivity index is 2.14. The molecule has 0 aliphatic heterocycles. The maximum atomic E-state index is 12.5. The van der Waals surface area contributed by atoms with Crippen molar-refractivity contribution in [3.8, 4) is 0 Å². The molecule has 0 aliphatic carbocycles. The minimum atomic E-state index is -0.923. The number of amides is 1. The zero-order valence-electron chi connectivity index (χ0n) is 13.5. The molecule has 1 unspecified atom stereocenters. The van der Waals surface area contributed by atoms with Gasteiger partial charge >= 0.3 is 0 Å². The van der Waals surface area contributed by atoms with E-state index in [4.69, 9.17) is 0 Å². The first kappa shape index (κ1) is 17.4. The van der Waals surface area contributed by atoms with Crippen LogP contribution in [0.25, 0.3) is 0 Å². The van der Waals surface area contributed by atoms with Crippen LogP contribution in [0, 0.1) is 0 Å². The van der Waals surface area contributed by atoms with Crippen LogP contribution in [0.5, 0.6) is 0 Å². The molecule has 0 heterocycles. The molecule has 0 aromatic heterocycles. The van der Waals surface area contributed by atoms with Gasteiger partial charge in [0.15, 0.2) is 0 Å². The number of rotatable bonds is 7. The van der Waals surface area contributed by atoms with Crippen LogP contribution < -0.4 is 10.6 Å². The number of anilines is 1. The Hall–Kier alpha value is -1.98. The first-order valence-corrected chi connectivity index (χ1v) is 9.31. The second-order valence-corrected chi connectivity index (χ2v) is 6.74. The molecule has 2 rings (SSSR count). The molecule has 0 aliphatic rings. The Labute approximate surface area is 139 Å². The summed E-state index contributed by atoms with van der Waals surface area (Å²) >= 11 is 0.